The van der Waals surface area contributed by atoms with Crippen molar-refractivity contribution in [3.8, 4) is 0 Å². The summed E-state index contributed by atoms with van der Waals surface area (Å²) in [5.41, 5.74) is 1.29. The predicted molar refractivity (Wildman–Crippen MR) is 82.4 cm³/mol. The van der Waals surface area contributed by atoms with Crippen LogP contribution in [-0.4, -0.2) is 34.0 Å². The zero-order valence-electron chi connectivity index (χ0n) is 12.6. The van der Waals surface area contributed by atoms with Crippen LogP contribution < -0.4 is 10.2 Å². The molecule has 5 heteroatoms. The van der Waals surface area contributed by atoms with E-state index in [9.17, 15) is 0 Å². The van der Waals surface area contributed by atoms with E-state index >= 15 is 0 Å². The number of hydrogen-bond donors (Lipinski definition) is 1. The Morgan fingerprint density at radius 3 is 3.00 bits per heavy atom. The summed E-state index contributed by atoms with van der Waals surface area (Å²) in [5.74, 6) is 1.91. The quantitative estimate of drug-likeness (QED) is 0.934. The van der Waals surface area contributed by atoms with Gasteiger partial charge in [0, 0.05) is 32.0 Å². The van der Waals surface area contributed by atoms with Gasteiger partial charge in [0.2, 0.25) is 0 Å². The molecule has 1 fully saturated rings. The van der Waals surface area contributed by atoms with Crippen molar-refractivity contribution in [3.63, 3.8) is 0 Å². The lowest BCUT2D eigenvalue weighted by Gasteiger charge is -2.38. The fraction of sp³-hybridized carbons (Fsp3) is 0.600. The van der Waals surface area contributed by atoms with Crippen LogP contribution in [0.3, 0.4) is 0 Å². The van der Waals surface area contributed by atoms with Crippen LogP contribution in [0.5, 0.6) is 0 Å². The van der Waals surface area contributed by atoms with E-state index in [4.69, 9.17) is 4.98 Å². The minimum absolute atomic E-state index is 0.345. The third-order valence-electron chi connectivity index (χ3n) is 3.91. The molecular formula is C15H23N5. The highest BCUT2D eigenvalue weighted by atomic mass is 15.2. The first-order valence-corrected chi connectivity index (χ1v) is 7.41. The maximum absolute atomic E-state index is 4.78. The Morgan fingerprint density at radius 2 is 2.25 bits per heavy atom. The molecule has 0 radical (unpaired) electrons. The van der Waals surface area contributed by atoms with Crippen LogP contribution in [0.25, 0.3) is 5.65 Å². The van der Waals surface area contributed by atoms with E-state index in [0.29, 0.717) is 5.41 Å². The van der Waals surface area contributed by atoms with Crippen molar-refractivity contribution < 1.29 is 0 Å². The highest BCUT2D eigenvalue weighted by Gasteiger charge is 2.28. The summed E-state index contributed by atoms with van der Waals surface area (Å²) in [6.45, 7) is 9.72. The first-order chi connectivity index (χ1) is 9.59. The molecule has 0 aromatic carbocycles. The highest BCUT2D eigenvalue weighted by Crippen LogP contribution is 2.32. The molecule has 1 saturated heterocycles. The minimum Gasteiger partial charge on any atom is -0.369 e. The molecule has 1 aliphatic rings. The Morgan fingerprint density at radius 1 is 1.40 bits per heavy atom. The van der Waals surface area contributed by atoms with Crippen LogP contribution in [0.2, 0.25) is 0 Å². The average Bonchev–Trinajstić information content (AvgIpc) is 2.85. The Kier molecular flexibility index (Phi) is 3.28. The first kappa shape index (κ1) is 13.2. The van der Waals surface area contributed by atoms with Crippen LogP contribution in [0, 0.1) is 5.41 Å². The van der Waals surface area contributed by atoms with Crippen molar-refractivity contribution in [2.45, 2.75) is 33.6 Å². The lowest BCUT2D eigenvalue weighted by Crippen LogP contribution is -2.40. The van der Waals surface area contributed by atoms with Gasteiger partial charge >= 0.3 is 0 Å². The van der Waals surface area contributed by atoms with Crippen molar-refractivity contribution in [1.82, 2.24) is 14.4 Å². The zero-order chi connectivity index (χ0) is 14.2. The maximum atomic E-state index is 4.78. The van der Waals surface area contributed by atoms with Crippen LogP contribution in [0.4, 0.5) is 11.6 Å². The molecule has 0 unspecified atom stereocenters. The van der Waals surface area contributed by atoms with Crippen LogP contribution in [0.1, 0.15) is 33.6 Å². The molecule has 1 N–H and O–H groups in total. The van der Waals surface area contributed by atoms with Gasteiger partial charge in [-0.05, 0) is 25.2 Å². The second kappa shape index (κ2) is 4.96. The topological polar surface area (TPSA) is 45.5 Å². The highest BCUT2D eigenvalue weighted by molar-refractivity contribution is 5.67. The maximum Gasteiger partial charge on any atom is 0.180 e. The molecule has 0 amide bonds. The van der Waals surface area contributed by atoms with Gasteiger partial charge in [0.05, 0.1) is 6.20 Å². The summed E-state index contributed by atoms with van der Waals surface area (Å²) in [6, 6.07) is 0. The smallest absolute Gasteiger partial charge is 0.180 e. The minimum atomic E-state index is 0.345. The molecule has 0 saturated carbocycles. The molecule has 5 nitrogen and oxygen atoms in total. The number of imidazole rings is 1. The van der Waals surface area contributed by atoms with E-state index in [1.807, 2.05) is 18.6 Å². The Bertz CT molecular complexity index is 601. The molecule has 0 atom stereocenters. The Balaban J connectivity index is 2.02. The van der Waals surface area contributed by atoms with Crippen molar-refractivity contribution in [1.29, 1.82) is 0 Å². The van der Waals surface area contributed by atoms with Gasteiger partial charge in [-0.1, -0.05) is 13.8 Å². The molecule has 0 spiro atoms. The Labute approximate surface area is 120 Å². The normalized spacial score (nSPS) is 18.4. The van der Waals surface area contributed by atoms with E-state index in [1.54, 1.807) is 0 Å². The van der Waals surface area contributed by atoms with Crippen molar-refractivity contribution >= 4 is 17.3 Å². The lowest BCUT2D eigenvalue weighted by atomic mass is 9.84. The van der Waals surface area contributed by atoms with Gasteiger partial charge in [0.25, 0.3) is 0 Å². The van der Waals surface area contributed by atoms with Crippen LogP contribution in [-0.2, 0) is 0 Å². The first-order valence-electron chi connectivity index (χ1n) is 7.41. The van der Waals surface area contributed by atoms with Gasteiger partial charge in [-0.15, -0.1) is 0 Å². The molecule has 2 aromatic rings. The second-order valence-electron chi connectivity index (χ2n) is 6.33. The summed E-state index contributed by atoms with van der Waals surface area (Å²) in [6.07, 6.45) is 8.32. The molecule has 20 heavy (non-hydrogen) atoms. The second-order valence-corrected chi connectivity index (χ2v) is 6.33. The van der Waals surface area contributed by atoms with Gasteiger partial charge in [-0.2, -0.15) is 0 Å². The van der Waals surface area contributed by atoms with E-state index in [-0.39, 0.29) is 0 Å². The molecule has 108 valence electrons. The van der Waals surface area contributed by atoms with Gasteiger partial charge in [-0.3, -0.25) is 0 Å². The fourth-order valence-corrected chi connectivity index (χ4v) is 3.00. The van der Waals surface area contributed by atoms with Gasteiger partial charge in [-0.25, -0.2) is 9.97 Å². The van der Waals surface area contributed by atoms with Crippen LogP contribution in [0.15, 0.2) is 18.6 Å². The third-order valence-corrected chi connectivity index (χ3v) is 3.91. The van der Waals surface area contributed by atoms with E-state index < -0.39 is 0 Å². The van der Waals surface area contributed by atoms with Crippen LogP contribution >= 0.6 is 0 Å². The lowest BCUT2D eigenvalue weighted by molar-refractivity contribution is 0.292. The number of piperidine rings is 1. The van der Waals surface area contributed by atoms with E-state index in [0.717, 1.165) is 36.9 Å². The molecule has 3 heterocycles. The summed E-state index contributed by atoms with van der Waals surface area (Å²) in [4.78, 5) is 11.6. The van der Waals surface area contributed by atoms with Gasteiger partial charge in [0.1, 0.15) is 5.82 Å². The number of hydrogen-bond acceptors (Lipinski definition) is 4. The summed E-state index contributed by atoms with van der Waals surface area (Å²) >= 11 is 0. The molecular weight excluding hydrogens is 250 g/mol. The SMILES string of the molecule is CCNc1cn2ccnc2c(N2CCCC(C)(C)C2)n1. The number of nitrogens with one attached hydrogen (secondary N) is 1. The molecule has 0 aliphatic carbocycles. The van der Waals surface area contributed by atoms with Gasteiger partial charge in [0.15, 0.2) is 11.5 Å². The summed E-state index contributed by atoms with van der Waals surface area (Å²) in [5, 5.41) is 3.30. The molecule has 2 aromatic heterocycles. The van der Waals surface area contributed by atoms with Crippen molar-refractivity contribution in [2.24, 2.45) is 5.41 Å². The third kappa shape index (κ3) is 2.44. The number of aromatic nitrogens is 3. The van der Waals surface area contributed by atoms with E-state index in [2.05, 4.69) is 40.4 Å². The summed E-state index contributed by atoms with van der Waals surface area (Å²) in [7, 11) is 0. The number of nitrogens with zero attached hydrogens (tertiary/aromatic N) is 4. The zero-order valence-corrected chi connectivity index (χ0v) is 12.6. The average molecular weight is 273 g/mol. The number of anilines is 2. The molecule has 1 aliphatic heterocycles. The van der Waals surface area contributed by atoms with Crippen molar-refractivity contribution in [2.75, 3.05) is 29.9 Å². The standard InChI is InChI=1S/C15H23N5/c1-4-16-12-10-19-9-7-17-13(19)14(18-12)20-8-5-6-15(2,3)11-20/h7,9-10,16H,4-6,8,11H2,1-3H3. The summed E-state index contributed by atoms with van der Waals surface area (Å²) < 4.78 is 2.06. The monoisotopic (exact) mass is 273 g/mol. The van der Waals surface area contributed by atoms with E-state index in [1.165, 1.54) is 12.8 Å². The predicted octanol–water partition coefficient (Wildman–Crippen LogP) is 2.79. The molecule has 0 bridgehead atoms. The van der Waals surface area contributed by atoms with Crippen molar-refractivity contribution in [3.05, 3.63) is 18.6 Å². The number of rotatable bonds is 3. The number of fused-ring (bicyclic) bond motifs is 1. The largest absolute Gasteiger partial charge is 0.369 e. The molecule has 3 rings (SSSR count). The Hall–Kier alpha value is -1.78. The fourth-order valence-electron chi connectivity index (χ4n) is 3.00. The van der Waals surface area contributed by atoms with Gasteiger partial charge < -0.3 is 14.6 Å².